The lowest BCUT2D eigenvalue weighted by Crippen LogP contribution is -2.49. The second-order valence-electron chi connectivity index (χ2n) is 6.56. The number of pyridine rings is 1. The summed E-state index contributed by atoms with van der Waals surface area (Å²) in [4.78, 5) is 22.9. The quantitative estimate of drug-likeness (QED) is 0.253. The summed E-state index contributed by atoms with van der Waals surface area (Å²) in [5.41, 5.74) is 1.25. The number of halogens is 2. The lowest BCUT2D eigenvalue weighted by molar-refractivity contribution is -0.116. The number of aryl methyl sites for hydroxylation is 1. The Morgan fingerprint density at radius 3 is 2.29 bits per heavy atom. The van der Waals surface area contributed by atoms with Crippen LogP contribution in [0.3, 0.4) is 0 Å². The van der Waals surface area contributed by atoms with Gasteiger partial charge in [-0.25, -0.2) is 33.2 Å². The second-order valence-corrected chi connectivity index (χ2v) is 9.08. The highest BCUT2D eigenvalue weighted by Crippen LogP contribution is 2.18. The zero-order valence-electron chi connectivity index (χ0n) is 16.7. The molecule has 10 nitrogen and oxygen atoms in total. The van der Waals surface area contributed by atoms with E-state index in [9.17, 15) is 12.8 Å². The normalized spacial score (nSPS) is 14.5. The third-order valence-electron chi connectivity index (χ3n) is 4.45. The Hall–Kier alpha value is -2.41. The van der Waals surface area contributed by atoms with Crippen LogP contribution in [-0.2, 0) is 21.2 Å². The number of amides is 1. The Labute approximate surface area is 185 Å². The van der Waals surface area contributed by atoms with E-state index < -0.39 is 15.8 Å². The van der Waals surface area contributed by atoms with Gasteiger partial charge in [-0.15, -0.1) is 0 Å². The van der Waals surface area contributed by atoms with Crippen LogP contribution in [0, 0.1) is 5.82 Å². The van der Waals surface area contributed by atoms with Gasteiger partial charge >= 0.3 is 0 Å². The Balaban J connectivity index is 0.000000785. The lowest BCUT2D eigenvalue weighted by Gasteiger charge is -2.34. The maximum atomic E-state index is 12.8. The molecular formula is C18H24ClFN6O4S. The predicted molar refractivity (Wildman–Crippen MR) is 113 cm³/mol. The molecule has 31 heavy (non-hydrogen) atoms. The molecule has 0 aromatic carbocycles. The number of carbonyl (C=O) groups is 1. The summed E-state index contributed by atoms with van der Waals surface area (Å²) in [6, 6.07) is 3.61. The van der Waals surface area contributed by atoms with Crippen molar-refractivity contribution in [2.75, 3.05) is 36.8 Å². The Morgan fingerprint density at radius 1 is 1.10 bits per heavy atom. The molecule has 3 heterocycles. The first-order chi connectivity index (χ1) is 14.9. The summed E-state index contributed by atoms with van der Waals surface area (Å²) in [7, 11) is -3.29. The molecule has 0 atom stereocenters. The molecule has 2 aromatic rings. The molecule has 2 aromatic heterocycles. The Morgan fingerprint density at radius 2 is 1.74 bits per heavy atom. The van der Waals surface area contributed by atoms with Crippen molar-refractivity contribution in [2.45, 2.75) is 19.3 Å². The fraction of sp³-hybridized carbons (Fsp3) is 0.444. The number of carbonyl (C=O) groups excluding carboxylic acids is 1. The zero-order chi connectivity index (χ0) is 22.7. The first-order valence-electron chi connectivity index (χ1n) is 9.49. The van der Waals surface area contributed by atoms with Crippen LogP contribution in [0.4, 0.5) is 10.2 Å². The van der Waals surface area contributed by atoms with Crippen LogP contribution in [0.25, 0.3) is 0 Å². The third kappa shape index (κ3) is 8.32. The number of sulfonamides is 1. The van der Waals surface area contributed by atoms with Crippen LogP contribution in [0.1, 0.15) is 18.7 Å². The number of piperazine rings is 1. The molecule has 1 aliphatic heterocycles. The van der Waals surface area contributed by atoms with E-state index in [1.165, 1.54) is 9.79 Å². The molecule has 1 fully saturated rings. The van der Waals surface area contributed by atoms with E-state index in [1.807, 2.05) is 11.0 Å². The maximum absolute atomic E-state index is 12.8. The number of hydroxylamine groups is 1. The van der Waals surface area contributed by atoms with Gasteiger partial charge in [-0.3, -0.25) is 10.0 Å². The van der Waals surface area contributed by atoms with E-state index in [0.717, 1.165) is 18.2 Å². The standard InChI is InChI=1S/C17H21ClFN5O2S.CH3NO2/c18-14-4-5-17(22-11-14)23-6-8-24(9-7-23)27(25,26)10-2-1-3-16-20-12-15(19)13-21-16;3-1-2-4/h4-5,11-13H,1-3,6-10H2;1,4H,(H,2,3). The molecule has 2 N–H and O–H groups in total. The molecule has 1 aliphatic rings. The minimum atomic E-state index is -3.29. The van der Waals surface area contributed by atoms with Crippen LogP contribution >= 0.6 is 11.6 Å². The van der Waals surface area contributed by atoms with Crippen molar-refractivity contribution in [1.29, 1.82) is 0 Å². The molecular weight excluding hydrogens is 451 g/mol. The van der Waals surface area contributed by atoms with Crippen molar-refractivity contribution < 1.29 is 22.8 Å². The Kier molecular flexibility index (Phi) is 9.98. The SMILES string of the molecule is O=CNO.O=S(=O)(CCCCc1ncc(F)cn1)N1CCN(c2ccc(Cl)cn2)CC1. The number of rotatable bonds is 8. The molecule has 1 amide bonds. The second kappa shape index (κ2) is 12.4. The number of nitrogens with zero attached hydrogens (tertiary/aromatic N) is 5. The van der Waals surface area contributed by atoms with Crippen LogP contribution in [-0.4, -0.2) is 71.2 Å². The molecule has 0 aliphatic carbocycles. The fourth-order valence-corrected chi connectivity index (χ4v) is 4.57. The predicted octanol–water partition coefficient (Wildman–Crippen LogP) is 1.26. The number of unbranched alkanes of at least 4 members (excludes halogenated alkanes) is 1. The van der Waals surface area contributed by atoms with E-state index in [2.05, 4.69) is 15.0 Å². The van der Waals surface area contributed by atoms with Gasteiger partial charge in [0.25, 0.3) is 0 Å². The maximum Gasteiger partial charge on any atom is 0.230 e. The molecule has 0 spiro atoms. The van der Waals surface area contributed by atoms with Crippen LogP contribution < -0.4 is 10.4 Å². The van der Waals surface area contributed by atoms with Gasteiger partial charge in [0.1, 0.15) is 11.6 Å². The van der Waals surface area contributed by atoms with Gasteiger partial charge in [-0.2, -0.15) is 4.31 Å². The van der Waals surface area contributed by atoms with Gasteiger partial charge < -0.3 is 4.90 Å². The van der Waals surface area contributed by atoms with E-state index in [-0.39, 0.29) is 12.2 Å². The molecule has 0 radical (unpaired) electrons. The van der Waals surface area contributed by atoms with Crippen molar-refractivity contribution in [3.05, 3.63) is 47.4 Å². The highest BCUT2D eigenvalue weighted by Gasteiger charge is 2.26. The van der Waals surface area contributed by atoms with Gasteiger partial charge in [0.15, 0.2) is 5.82 Å². The number of hydrogen-bond donors (Lipinski definition) is 2. The minimum Gasteiger partial charge on any atom is -0.354 e. The summed E-state index contributed by atoms with van der Waals surface area (Å²) in [5.74, 6) is 0.941. The van der Waals surface area contributed by atoms with Crippen molar-refractivity contribution in [3.8, 4) is 0 Å². The third-order valence-corrected chi connectivity index (χ3v) is 6.63. The summed E-state index contributed by atoms with van der Waals surface area (Å²) in [5, 5.41) is 7.83. The summed E-state index contributed by atoms with van der Waals surface area (Å²) >= 11 is 5.85. The van der Waals surface area contributed by atoms with Crippen molar-refractivity contribution >= 4 is 33.9 Å². The molecule has 0 unspecified atom stereocenters. The molecule has 1 saturated heterocycles. The molecule has 3 rings (SSSR count). The summed E-state index contributed by atoms with van der Waals surface area (Å²) in [6.45, 7) is 2.07. The van der Waals surface area contributed by atoms with Gasteiger partial charge in [0.2, 0.25) is 16.4 Å². The molecule has 0 saturated carbocycles. The van der Waals surface area contributed by atoms with Crippen LogP contribution in [0.15, 0.2) is 30.7 Å². The van der Waals surface area contributed by atoms with Crippen LogP contribution in [0.5, 0.6) is 0 Å². The average molecular weight is 475 g/mol. The highest BCUT2D eigenvalue weighted by atomic mass is 35.5. The fourth-order valence-electron chi connectivity index (χ4n) is 2.92. The minimum absolute atomic E-state index is 0.0907. The first-order valence-corrected chi connectivity index (χ1v) is 11.5. The smallest absolute Gasteiger partial charge is 0.230 e. The summed E-state index contributed by atoms with van der Waals surface area (Å²) in [6.07, 6.45) is 5.69. The topological polar surface area (TPSA) is 129 Å². The van der Waals surface area contributed by atoms with Gasteiger partial charge in [-0.05, 0) is 25.0 Å². The van der Waals surface area contributed by atoms with Crippen molar-refractivity contribution in [3.63, 3.8) is 0 Å². The number of aromatic nitrogens is 3. The van der Waals surface area contributed by atoms with Gasteiger partial charge in [-0.1, -0.05) is 11.6 Å². The number of hydrogen-bond acceptors (Lipinski definition) is 8. The molecule has 170 valence electrons. The lowest BCUT2D eigenvalue weighted by atomic mass is 10.2. The van der Waals surface area contributed by atoms with Gasteiger partial charge in [0.05, 0.1) is 23.2 Å². The first kappa shape index (κ1) is 24.9. The van der Waals surface area contributed by atoms with Gasteiger partial charge in [0, 0.05) is 38.8 Å². The van der Waals surface area contributed by atoms with E-state index in [4.69, 9.17) is 21.6 Å². The number of nitrogens with one attached hydrogen (secondary N) is 1. The number of anilines is 1. The monoisotopic (exact) mass is 474 g/mol. The van der Waals surface area contributed by atoms with Crippen LogP contribution in [0.2, 0.25) is 5.02 Å². The molecule has 13 heteroatoms. The summed E-state index contributed by atoms with van der Waals surface area (Å²) < 4.78 is 39.3. The van der Waals surface area contributed by atoms with Crippen molar-refractivity contribution in [1.82, 2.24) is 24.7 Å². The Bertz CT molecular complexity index is 910. The van der Waals surface area contributed by atoms with E-state index in [1.54, 1.807) is 12.3 Å². The largest absolute Gasteiger partial charge is 0.354 e. The average Bonchev–Trinajstić information content (AvgIpc) is 2.79. The van der Waals surface area contributed by atoms with E-state index >= 15 is 0 Å². The highest BCUT2D eigenvalue weighted by molar-refractivity contribution is 7.89. The molecule has 0 bridgehead atoms. The van der Waals surface area contributed by atoms with Crippen molar-refractivity contribution in [2.24, 2.45) is 0 Å². The van der Waals surface area contributed by atoms with E-state index in [0.29, 0.717) is 56.3 Å². The zero-order valence-corrected chi connectivity index (χ0v) is 18.3.